The van der Waals surface area contributed by atoms with Gasteiger partial charge >= 0.3 is 18.1 Å². The first-order chi connectivity index (χ1) is 19.6. The first-order valence-corrected chi connectivity index (χ1v) is 15.4. The van der Waals surface area contributed by atoms with E-state index in [1.807, 2.05) is 19.1 Å². The van der Waals surface area contributed by atoms with Crippen LogP contribution in [0.15, 0.2) is 30.3 Å². The van der Waals surface area contributed by atoms with Crippen LogP contribution >= 0.6 is 34.8 Å². The van der Waals surface area contributed by atoms with Crippen LogP contribution < -0.4 is 4.74 Å². The normalized spacial score (nSPS) is 17.5. The minimum absolute atomic E-state index is 0.0263. The van der Waals surface area contributed by atoms with Gasteiger partial charge in [0.2, 0.25) is 0 Å². The number of ether oxygens (including phenoxy) is 1. The molecule has 8 nitrogen and oxygen atoms in total. The van der Waals surface area contributed by atoms with Gasteiger partial charge in [0.25, 0.3) is 10.0 Å². The molecule has 2 aromatic carbocycles. The molecule has 1 aliphatic heterocycles. The molecule has 1 heterocycles. The molecule has 230 valence electrons. The van der Waals surface area contributed by atoms with Gasteiger partial charge in [-0.2, -0.15) is 13.2 Å². The predicted molar refractivity (Wildman–Crippen MR) is 146 cm³/mol. The molecule has 1 atom stereocenters. The van der Waals surface area contributed by atoms with Gasteiger partial charge in [0.1, 0.15) is 11.6 Å². The number of halogens is 7. The van der Waals surface area contributed by atoms with E-state index in [-0.39, 0.29) is 42.2 Å². The monoisotopic (exact) mass is 674 g/mol. The highest BCUT2D eigenvalue weighted by atomic mass is 35.5. The number of amides is 1. The molecule has 0 spiro atoms. The van der Waals surface area contributed by atoms with Crippen LogP contribution in [0, 0.1) is 11.7 Å². The van der Waals surface area contributed by atoms with Gasteiger partial charge in [-0.05, 0) is 81.4 Å². The second-order valence-corrected chi connectivity index (χ2v) is 13.4. The molecule has 2 fully saturated rings. The molecule has 0 unspecified atom stereocenters. The van der Waals surface area contributed by atoms with E-state index in [9.17, 15) is 35.6 Å². The van der Waals surface area contributed by atoms with Crippen molar-refractivity contribution in [3.05, 3.63) is 62.3 Å². The summed E-state index contributed by atoms with van der Waals surface area (Å²) in [5, 5.41) is -0.455. The van der Waals surface area contributed by atoms with Gasteiger partial charge in [0, 0.05) is 22.2 Å². The Morgan fingerprint density at radius 1 is 1.02 bits per heavy atom. The van der Waals surface area contributed by atoms with Crippen LogP contribution in [0.4, 0.5) is 17.6 Å². The molecule has 1 saturated carbocycles. The van der Waals surface area contributed by atoms with Crippen molar-refractivity contribution < 1.29 is 45.1 Å². The standard InChI is InChI=1S/C26H25Cl3F4N2O6S/c1-14(16-8-17(27)10-18(28)9-16)34-6-4-15(5-7-34)13-40-23-12-22(30)20(11-21(23)29)24(36)35(41-25(37)26(31,32)33)42(38,39)19-2-3-19/h8-12,14-15,19H,2-7,13H2,1H3/t14-/m1/s1. The molecule has 0 bridgehead atoms. The van der Waals surface area contributed by atoms with E-state index in [1.54, 1.807) is 6.07 Å². The summed E-state index contributed by atoms with van der Waals surface area (Å²) in [5.74, 6) is -6.20. The van der Waals surface area contributed by atoms with Crippen molar-refractivity contribution in [3.63, 3.8) is 0 Å². The van der Waals surface area contributed by atoms with Crippen LogP contribution in [0.25, 0.3) is 0 Å². The van der Waals surface area contributed by atoms with Crippen LogP contribution in [-0.2, 0) is 19.7 Å². The van der Waals surface area contributed by atoms with E-state index in [2.05, 4.69) is 9.74 Å². The lowest BCUT2D eigenvalue weighted by atomic mass is 9.95. The smallest absolute Gasteiger partial charge is 0.492 e. The highest BCUT2D eigenvalue weighted by molar-refractivity contribution is 7.90. The third-order valence-electron chi connectivity index (χ3n) is 7.03. The second-order valence-electron chi connectivity index (χ2n) is 10.1. The summed E-state index contributed by atoms with van der Waals surface area (Å²) >= 11 is 18.4. The molecule has 1 amide bonds. The van der Waals surface area contributed by atoms with Crippen molar-refractivity contribution in [3.8, 4) is 5.75 Å². The number of hydrogen-bond acceptors (Lipinski definition) is 7. The Morgan fingerprint density at radius 3 is 2.17 bits per heavy atom. The second kappa shape index (κ2) is 12.7. The van der Waals surface area contributed by atoms with E-state index < -0.39 is 49.2 Å². The van der Waals surface area contributed by atoms with Gasteiger partial charge in [-0.25, -0.2) is 17.6 Å². The lowest BCUT2D eigenvalue weighted by Gasteiger charge is -2.36. The topological polar surface area (TPSA) is 93.2 Å². The van der Waals surface area contributed by atoms with Crippen LogP contribution in [0.3, 0.4) is 0 Å². The largest absolute Gasteiger partial charge is 0.493 e. The third-order valence-corrected chi connectivity index (χ3v) is 9.78. The van der Waals surface area contributed by atoms with E-state index in [0.717, 1.165) is 37.6 Å². The zero-order valence-electron chi connectivity index (χ0n) is 22.0. The van der Waals surface area contributed by atoms with Crippen molar-refractivity contribution >= 4 is 56.7 Å². The Hall–Kier alpha value is -2.32. The molecule has 16 heteroatoms. The van der Waals surface area contributed by atoms with Crippen molar-refractivity contribution in [2.75, 3.05) is 19.7 Å². The van der Waals surface area contributed by atoms with Crippen molar-refractivity contribution in [2.24, 2.45) is 5.92 Å². The number of rotatable bonds is 8. The van der Waals surface area contributed by atoms with Gasteiger partial charge in [0.15, 0.2) is 0 Å². The molecule has 42 heavy (non-hydrogen) atoms. The number of carbonyl (C=O) groups excluding carboxylic acids is 2. The van der Waals surface area contributed by atoms with E-state index in [1.165, 1.54) is 0 Å². The molecule has 4 rings (SSSR count). The van der Waals surface area contributed by atoms with Gasteiger partial charge in [-0.1, -0.05) is 39.3 Å². The zero-order chi connectivity index (χ0) is 31.0. The van der Waals surface area contributed by atoms with Crippen molar-refractivity contribution in [1.29, 1.82) is 0 Å². The first kappa shape index (κ1) is 32.6. The maximum absolute atomic E-state index is 15.0. The SMILES string of the molecule is C[C@H](c1cc(Cl)cc(Cl)c1)N1CCC(COc2cc(F)c(C(=O)N(OC(=O)C(F)(F)F)S(=O)(=O)C3CC3)cc2Cl)CC1. The lowest BCUT2D eigenvalue weighted by molar-refractivity contribution is -0.217. The number of hydrogen-bond donors (Lipinski definition) is 0. The first-order valence-electron chi connectivity index (χ1n) is 12.8. The average Bonchev–Trinajstić information content (AvgIpc) is 3.76. The fourth-order valence-corrected chi connectivity index (χ4v) is 6.75. The van der Waals surface area contributed by atoms with Crippen LogP contribution in [0.2, 0.25) is 15.1 Å². The molecule has 2 aromatic rings. The van der Waals surface area contributed by atoms with E-state index in [0.29, 0.717) is 16.1 Å². The number of hydroxylamine groups is 1. The molecule has 1 saturated heterocycles. The Kier molecular flexibility index (Phi) is 9.88. The summed E-state index contributed by atoms with van der Waals surface area (Å²) in [6, 6.07) is 6.89. The Balaban J connectivity index is 1.40. The minimum atomic E-state index is -5.61. The van der Waals surface area contributed by atoms with Crippen molar-refractivity contribution in [1.82, 2.24) is 9.37 Å². The molecular weight excluding hydrogens is 651 g/mol. The molecule has 0 radical (unpaired) electrons. The molecule has 0 aromatic heterocycles. The molecular formula is C26H25Cl3F4N2O6S. The zero-order valence-corrected chi connectivity index (χ0v) is 25.1. The number of carbonyl (C=O) groups is 2. The Morgan fingerprint density at radius 2 is 1.62 bits per heavy atom. The summed E-state index contributed by atoms with van der Waals surface area (Å²) in [6.07, 6.45) is -4.07. The number of alkyl halides is 3. The van der Waals surface area contributed by atoms with Crippen LogP contribution in [-0.4, -0.2) is 60.8 Å². The van der Waals surface area contributed by atoms with Crippen LogP contribution in [0.5, 0.6) is 5.75 Å². The lowest BCUT2D eigenvalue weighted by Crippen LogP contribution is -2.44. The fraction of sp³-hybridized carbons (Fsp3) is 0.462. The number of piperidine rings is 1. The quantitative estimate of drug-likeness (QED) is 0.230. The van der Waals surface area contributed by atoms with Gasteiger partial charge in [0.05, 0.1) is 22.4 Å². The highest BCUT2D eigenvalue weighted by Gasteiger charge is 2.50. The van der Waals surface area contributed by atoms with Crippen molar-refractivity contribution in [2.45, 2.75) is 50.1 Å². The fourth-order valence-electron chi connectivity index (χ4n) is 4.48. The van der Waals surface area contributed by atoms with Gasteiger partial charge < -0.3 is 9.57 Å². The summed E-state index contributed by atoms with van der Waals surface area (Å²) < 4.78 is 83.3. The minimum Gasteiger partial charge on any atom is -0.492 e. The Bertz CT molecular complexity index is 1440. The van der Waals surface area contributed by atoms with E-state index in [4.69, 9.17) is 39.5 Å². The average molecular weight is 676 g/mol. The summed E-state index contributed by atoms with van der Waals surface area (Å²) in [5.41, 5.74) is -0.0364. The predicted octanol–water partition coefficient (Wildman–Crippen LogP) is 6.59. The molecule has 1 aliphatic carbocycles. The molecule has 2 aliphatic rings. The van der Waals surface area contributed by atoms with Gasteiger partial charge in [-0.15, -0.1) is 0 Å². The number of benzene rings is 2. The highest BCUT2D eigenvalue weighted by Crippen LogP contribution is 2.35. The number of nitrogens with zero attached hydrogens (tertiary/aromatic N) is 2. The van der Waals surface area contributed by atoms with E-state index >= 15 is 0 Å². The van der Waals surface area contributed by atoms with Crippen LogP contribution in [0.1, 0.15) is 54.6 Å². The summed E-state index contributed by atoms with van der Waals surface area (Å²) in [7, 11) is -4.85. The maximum Gasteiger partial charge on any atom is 0.493 e. The summed E-state index contributed by atoms with van der Waals surface area (Å²) in [4.78, 5) is 30.3. The third kappa shape index (κ3) is 7.60. The Labute approximate surface area is 254 Å². The molecule has 0 N–H and O–H groups in total. The maximum atomic E-state index is 15.0. The number of likely N-dealkylation sites (tertiary alicyclic amines) is 1. The number of sulfonamides is 1. The summed E-state index contributed by atoms with van der Waals surface area (Å²) in [6.45, 7) is 3.67. The van der Waals surface area contributed by atoms with Gasteiger partial charge in [-0.3, -0.25) is 9.69 Å².